The molecular formula is C16H30N+. The maximum Gasteiger partial charge on any atom is 0.108 e. The van der Waals surface area contributed by atoms with Crippen molar-refractivity contribution >= 4 is 0 Å². The summed E-state index contributed by atoms with van der Waals surface area (Å²) in [5.41, 5.74) is 1.76. The Bertz CT molecular complexity index is 248. The van der Waals surface area contributed by atoms with Gasteiger partial charge in [-0.25, -0.2) is 0 Å². The van der Waals surface area contributed by atoms with Crippen molar-refractivity contribution in [1.82, 2.24) is 0 Å². The van der Waals surface area contributed by atoms with Crippen molar-refractivity contribution in [2.45, 2.75) is 83.7 Å². The molecule has 0 aromatic carbocycles. The lowest BCUT2D eigenvalue weighted by Gasteiger charge is -2.30. The zero-order chi connectivity index (χ0) is 12.1. The Morgan fingerprint density at radius 2 is 1.71 bits per heavy atom. The molecule has 1 heteroatoms. The predicted molar refractivity (Wildman–Crippen MR) is 74.0 cm³/mol. The second-order valence-electron chi connectivity index (χ2n) is 6.43. The molecule has 1 atom stereocenters. The summed E-state index contributed by atoms with van der Waals surface area (Å²) in [7, 11) is 0. The van der Waals surface area contributed by atoms with Gasteiger partial charge in [-0.05, 0) is 56.4 Å². The molecule has 2 aliphatic rings. The monoisotopic (exact) mass is 236 g/mol. The topological polar surface area (TPSA) is 16.6 Å². The zero-order valence-electron chi connectivity index (χ0n) is 11.8. The van der Waals surface area contributed by atoms with Crippen LogP contribution in [0.5, 0.6) is 0 Å². The minimum absolute atomic E-state index is 0.727. The van der Waals surface area contributed by atoms with Crippen LogP contribution in [0.15, 0.2) is 11.6 Å². The third kappa shape index (κ3) is 4.13. The molecule has 0 aromatic rings. The minimum Gasteiger partial charge on any atom is -0.338 e. The van der Waals surface area contributed by atoms with E-state index in [1.165, 1.54) is 57.8 Å². The lowest BCUT2D eigenvalue weighted by Crippen LogP contribution is -2.95. The van der Waals surface area contributed by atoms with Crippen LogP contribution in [0.3, 0.4) is 0 Å². The third-order valence-corrected chi connectivity index (χ3v) is 4.41. The molecule has 0 aromatic heterocycles. The van der Waals surface area contributed by atoms with E-state index in [2.05, 4.69) is 25.2 Å². The molecule has 2 aliphatic carbocycles. The van der Waals surface area contributed by atoms with E-state index in [4.69, 9.17) is 0 Å². The van der Waals surface area contributed by atoms with Gasteiger partial charge in [0, 0.05) is 6.42 Å². The quantitative estimate of drug-likeness (QED) is 0.723. The van der Waals surface area contributed by atoms with E-state index in [0.29, 0.717) is 0 Å². The Morgan fingerprint density at radius 3 is 2.41 bits per heavy atom. The van der Waals surface area contributed by atoms with E-state index in [0.717, 1.165) is 18.0 Å². The first kappa shape index (κ1) is 13.1. The molecule has 0 saturated heterocycles. The number of nitrogens with two attached hydrogens (primary N) is 1. The molecule has 0 unspecified atom stereocenters. The highest BCUT2D eigenvalue weighted by Crippen LogP contribution is 2.24. The van der Waals surface area contributed by atoms with Gasteiger partial charge in [-0.15, -0.1) is 0 Å². The summed E-state index contributed by atoms with van der Waals surface area (Å²) in [4.78, 5) is 0. The van der Waals surface area contributed by atoms with Gasteiger partial charge in [0.15, 0.2) is 0 Å². The first-order chi connectivity index (χ1) is 8.25. The lowest BCUT2D eigenvalue weighted by atomic mass is 9.86. The van der Waals surface area contributed by atoms with Crippen molar-refractivity contribution in [1.29, 1.82) is 0 Å². The minimum atomic E-state index is 0.727. The van der Waals surface area contributed by atoms with Crippen molar-refractivity contribution < 1.29 is 5.32 Å². The molecule has 0 spiro atoms. The molecule has 0 heterocycles. The van der Waals surface area contributed by atoms with Gasteiger partial charge in [-0.1, -0.05) is 26.3 Å². The first-order valence-electron chi connectivity index (χ1n) is 7.81. The number of quaternary nitrogens is 1. The number of hydrogen-bond donors (Lipinski definition) is 1. The van der Waals surface area contributed by atoms with E-state index in [-0.39, 0.29) is 0 Å². The van der Waals surface area contributed by atoms with Gasteiger partial charge in [0.25, 0.3) is 0 Å². The summed E-state index contributed by atoms with van der Waals surface area (Å²) >= 11 is 0. The highest BCUT2D eigenvalue weighted by molar-refractivity contribution is 5.11. The van der Waals surface area contributed by atoms with Crippen LogP contribution in [0.25, 0.3) is 0 Å². The molecule has 0 bridgehead atoms. The molecule has 98 valence electrons. The van der Waals surface area contributed by atoms with Crippen molar-refractivity contribution in [3.63, 3.8) is 0 Å². The smallest absolute Gasteiger partial charge is 0.108 e. The summed E-state index contributed by atoms with van der Waals surface area (Å²) in [6.45, 7) is 4.64. The van der Waals surface area contributed by atoms with E-state index < -0.39 is 0 Å². The van der Waals surface area contributed by atoms with Crippen molar-refractivity contribution in [2.75, 3.05) is 0 Å². The number of hydrogen-bond acceptors (Lipinski definition) is 0. The molecule has 0 amide bonds. The van der Waals surface area contributed by atoms with E-state index in [1.54, 1.807) is 5.57 Å². The number of allylic oxidation sites excluding steroid dienone is 1. The van der Waals surface area contributed by atoms with Gasteiger partial charge in [-0.3, -0.25) is 0 Å². The second kappa shape index (κ2) is 6.58. The fourth-order valence-electron chi connectivity index (χ4n) is 3.57. The van der Waals surface area contributed by atoms with Gasteiger partial charge in [0.1, 0.15) is 6.04 Å². The third-order valence-electron chi connectivity index (χ3n) is 4.41. The van der Waals surface area contributed by atoms with Gasteiger partial charge in [-0.2, -0.15) is 0 Å². The molecular weight excluding hydrogens is 206 g/mol. The van der Waals surface area contributed by atoms with Crippen LogP contribution >= 0.6 is 0 Å². The highest BCUT2D eigenvalue weighted by atomic mass is 15.0. The molecule has 2 rings (SSSR count). The van der Waals surface area contributed by atoms with Gasteiger partial charge in [0.2, 0.25) is 0 Å². The van der Waals surface area contributed by atoms with Gasteiger partial charge < -0.3 is 5.32 Å². The Labute approximate surface area is 107 Å². The van der Waals surface area contributed by atoms with Crippen LogP contribution in [0, 0.1) is 5.92 Å². The van der Waals surface area contributed by atoms with E-state index >= 15 is 0 Å². The Balaban J connectivity index is 1.91. The molecule has 0 radical (unpaired) electrons. The Kier molecular flexibility index (Phi) is 5.09. The van der Waals surface area contributed by atoms with Crippen molar-refractivity contribution in [3.05, 3.63) is 11.6 Å². The SMILES string of the molecule is CC(C)C=C1CCCC[C@@H]1[NH2+]C1CCCCC1. The van der Waals surface area contributed by atoms with Crippen LogP contribution in [-0.4, -0.2) is 12.1 Å². The molecule has 1 nitrogen and oxygen atoms in total. The van der Waals surface area contributed by atoms with Crippen molar-refractivity contribution in [2.24, 2.45) is 5.92 Å². The maximum atomic E-state index is 2.73. The fraction of sp³-hybridized carbons (Fsp3) is 0.875. The van der Waals surface area contributed by atoms with Crippen LogP contribution in [-0.2, 0) is 0 Å². The van der Waals surface area contributed by atoms with Crippen molar-refractivity contribution in [3.8, 4) is 0 Å². The summed E-state index contributed by atoms with van der Waals surface area (Å²) < 4.78 is 0. The Morgan fingerprint density at radius 1 is 1.00 bits per heavy atom. The lowest BCUT2D eigenvalue weighted by molar-refractivity contribution is -0.717. The van der Waals surface area contributed by atoms with E-state index in [9.17, 15) is 0 Å². The summed E-state index contributed by atoms with van der Waals surface area (Å²) in [5.74, 6) is 0.727. The van der Waals surface area contributed by atoms with Crippen LogP contribution in [0.4, 0.5) is 0 Å². The molecule has 0 aliphatic heterocycles. The first-order valence-corrected chi connectivity index (χ1v) is 7.81. The molecule has 17 heavy (non-hydrogen) atoms. The van der Waals surface area contributed by atoms with Gasteiger partial charge >= 0.3 is 0 Å². The maximum absolute atomic E-state index is 2.73. The predicted octanol–water partition coefficient (Wildman–Crippen LogP) is 3.41. The Hall–Kier alpha value is -0.300. The van der Waals surface area contributed by atoms with Gasteiger partial charge in [0.05, 0.1) is 6.04 Å². The highest BCUT2D eigenvalue weighted by Gasteiger charge is 2.26. The average molecular weight is 236 g/mol. The standard InChI is InChI=1S/C16H29N/c1-13(2)12-14-8-6-7-11-16(14)17-15-9-4-3-5-10-15/h12-13,15-17H,3-11H2,1-2H3/p+1/t16-/m0/s1. The zero-order valence-corrected chi connectivity index (χ0v) is 11.8. The largest absolute Gasteiger partial charge is 0.338 e. The fourth-order valence-corrected chi connectivity index (χ4v) is 3.57. The van der Waals surface area contributed by atoms with Crippen LogP contribution in [0.1, 0.15) is 71.6 Å². The average Bonchev–Trinajstić information content (AvgIpc) is 2.32. The van der Waals surface area contributed by atoms with Crippen LogP contribution in [0.2, 0.25) is 0 Å². The second-order valence-corrected chi connectivity index (χ2v) is 6.43. The number of rotatable bonds is 3. The summed E-state index contributed by atoms with van der Waals surface area (Å²) in [5, 5.41) is 2.73. The van der Waals surface area contributed by atoms with E-state index in [1.807, 2.05) is 0 Å². The molecule has 2 fully saturated rings. The molecule has 2 saturated carbocycles. The summed E-state index contributed by atoms with van der Waals surface area (Å²) in [6.07, 6.45) is 15.6. The normalized spacial score (nSPS) is 30.1. The van der Waals surface area contributed by atoms with Crippen LogP contribution < -0.4 is 5.32 Å². The molecule has 2 N–H and O–H groups in total. The summed E-state index contributed by atoms with van der Waals surface area (Å²) in [6, 6.07) is 1.76.